The highest BCUT2D eigenvalue weighted by Crippen LogP contribution is 2.23. The molecular weight excluding hydrogens is 384 g/mol. The van der Waals surface area contributed by atoms with E-state index in [-0.39, 0.29) is 11.9 Å². The number of nitrogens with zero attached hydrogens (tertiary/aromatic N) is 1. The molecule has 3 aromatic rings. The molecule has 7 heteroatoms. The zero-order valence-electron chi connectivity index (χ0n) is 16.7. The number of furan rings is 1. The van der Waals surface area contributed by atoms with Crippen LogP contribution in [0.3, 0.4) is 0 Å². The molecule has 154 valence electrons. The van der Waals surface area contributed by atoms with Crippen LogP contribution in [0, 0.1) is 0 Å². The molecule has 0 saturated carbocycles. The predicted octanol–water partition coefficient (Wildman–Crippen LogP) is 4.04. The first-order valence-electron chi connectivity index (χ1n) is 9.49. The quantitative estimate of drug-likeness (QED) is 0.346. The minimum Gasteiger partial charge on any atom is -0.481 e. The van der Waals surface area contributed by atoms with Gasteiger partial charge in [0, 0.05) is 5.56 Å². The standard InChI is InChI=1S/C23H22N2O5/c1-3-28-23(27)18-9-7-8-17(14-18)21-13-12-20(30-21)15-24-25-22(26)16(2)29-19-10-5-4-6-11-19/h4-16H,3H2,1-2H3,(H,25,26)/b24-15-/t16-/m1/s1. The second kappa shape index (κ2) is 10.1. The molecule has 1 amide bonds. The molecule has 0 aliphatic rings. The summed E-state index contributed by atoms with van der Waals surface area (Å²) in [5.41, 5.74) is 3.60. The van der Waals surface area contributed by atoms with E-state index in [9.17, 15) is 9.59 Å². The minimum absolute atomic E-state index is 0.311. The normalized spacial score (nSPS) is 11.8. The van der Waals surface area contributed by atoms with Crippen LogP contribution in [-0.4, -0.2) is 30.8 Å². The van der Waals surface area contributed by atoms with Crippen molar-refractivity contribution in [2.24, 2.45) is 5.10 Å². The molecule has 0 aliphatic carbocycles. The molecule has 7 nitrogen and oxygen atoms in total. The van der Waals surface area contributed by atoms with E-state index in [0.717, 1.165) is 5.56 Å². The van der Waals surface area contributed by atoms with Crippen molar-refractivity contribution < 1.29 is 23.5 Å². The summed E-state index contributed by atoms with van der Waals surface area (Å²) >= 11 is 0. The summed E-state index contributed by atoms with van der Waals surface area (Å²) in [5, 5.41) is 3.91. The largest absolute Gasteiger partial charge is 0.481 e. The van der Waals surface area contributed by atoms with Crippen molar-refractivity contribution in [3.8, 4) is 17.1 Å². The van der Waals surface area contributed by atoms with Gasteiger partial charge in [-0.3, -0.25) is 4.79 Å². The van der Waals surface area contributed by atoms with Gasteiger partial charge in [-0.1, -0.05) is 30.3 Å². The van der Waals surface area contributed by atoms with E-state index in [2.05, 4.69) is 10.5 Å². The van der Waals surface area contributed by atoms with Crippen LogP contribution in [0.4, 0.5) is 0 Å². The number of hydrogen-bond acceptors (Lipinski definition) is 6. The Morgan fingerprint density at radius 1 is 1.10 bits per heavy atom. The van der Waals surface area contributed by atoms with E-state index < -0.39 is 6.10 Å². The van der Waals surface area contributed by atoms with Crippen LogP contribution in [-0.2, 0) is 9.53 Å². The molecule has 0 unspecified atom stereocenters. The van der Waals surface area contributed by atoms with Gasteiger partial charge in [0.15, 0.2) is 6.10 Å². The van der Waals surface area contributed by atoms with Gasteiger partial charge in [0.2, 0.25) is 0 Å². The van der Waals surface area contributed by atoms with Gasteiger partial charge in [-0.15, -0.1) is 0 Å². The van der Waals surface area contributed by atoms with E-state index in [1.54, 1.807) is 56.3 Å². The molecule has 1 N–H and O–H groups in total. The van der Waals surface area contributed by atoms with E-state index >= 15 is 0 Å². The zero-order valence-corrected chi connectivity index (χ0v) is 16.7. The number of amides is 1. The number of esters is 1. The molecule has 0 saturated heterocycles. The Balaban J connectivity index is 1.59. The van der Waals surface area contributed by atoms with Crippen LogP contribution in [0.15, 0.2) is 76.2 Å². The van der Waals surface area contributed by atoms with Crippen molar-refractivity contribution in [3.63, 3.8) is 0 Å². The average molecular weight is 406 g/mol. The van der Waals surface area contributed by atoms with E-state index in [1.807, 2.05) is 24.3 Å². The number of carbonyl (C=O) groups excluding carboxylic acids is 2. The van der Waals surface area contributed by atoms with Crippen LogP contribution in [0.5, 0.6) is 5.75 Å². The monoisotopic (exact) mass is 406 g/mol. The fourth-order valence-electron chi connectivity index (χ4n) is 2.60. The van der Waals surface area contributed by atoms with Crippen LogP contribution in [0.1, 0.15) is 30.0 Å². The number of ether oxygens (including phenoxy) is 2. The number of carbonyl (C=O) groups is 2. The van der Waals surface area contributed by atoms with Crippen LogP contribution < -0.4 is 10.2 Å². The van der Waals surface area contributed by atoms with Gasteiger partial charge >= 0.3 is 5.97 Å². The van der Waals surface area contributed by atoms with E-state index in [0.29, 0.717) is 29.4 Å². The van der Waals surface area contributed by atoms with Gasteiger partial charge in [0.05, 0.1) is 18.4 Å². The second-order valence-corrected chi connectivity index (χ2v) is 6.31. The molecule has 3 rings (SSSR count). The highest BCUT2D eigenvalue weighted by Gasteiger charge is 2.14. The number of hydrogen-bond donors (Lipinski definition) is 1. The maximum atomic E-state index is 12.1. The lowest BCUT2D eigenvalue weighted by molar-refractivity contribution is -0.127. The summed E-state index contributed by atoms with van der Waals surface area (Å²) in [7, 11) is 0. The van der Waals surface area contributed by atoms with Crippen LogP contribution >= 0.6 is 0 Å². The van der Waals surface area contributed by atoms with Gasteiger partial charge in [0.25, 0.3) is 5.91 Å². The number of rotatable bonds is 8. The number of hydrazone groups is 1. The summed E-state index contributed by atoms with van der Waals surface area (Å²) in [5.74, 6) is 0.842. The third kappa shape index (κ3) is 5.57. The highest BCUT2D eigenvalue weighted by atomic mass is 16.5. The first-order valence-corrected chi connectivity index (χ1v) is 9.49. The number of para-hydroxylation sites is 1. The molecule has 0 spiro atoms. The lowest BCUT2D eigenvalue weighted by Gasteiger charge is -2.12. The summed E-state index contributed by atoms with van der Waals surface area (Å²) in [6.45, 7) is 3.71. The molecule has 0 fully saturated rings. The summed E-state index contributed by atoms with van der Waals surface area (Å²) < 4.78 is 16.3. The van der Waals surface area contributed by atoms with Gasteiger partial charge in [-0.05, 0) is 50.2 Å². The summed E-state index contributed by atoms with van der Waals surface area (Å²) in [6.07, 6.45) is 0.689. The lowest BCUT2D eigenvalue weighted by Crippen LogP contribution is -2.33. The topological polar surface area (TPSA) is 90.1 Å². The Morgan fingerprint density at radius 3 is 2.67 bits per heavy atom. The average Bonchev–Trinajstić information content (AvgIpc) is 3.23. The molecule has 1 heterocycles. The summed E-state index contributed by atoms with van der Waals surface area (Å²) in [6, 6.07) is 19.5. The van der Waals surface area contributed by atoms with Crippen molar-refractivity contribution in [1.82, 2.24) is 5.43 Å². The third-order valence-corrected chi connectivity index (χ3v) is 4.08. The first-order chi connectivity index (χ1) is 14.6. The number of nitrogens with one attached hydrogen (secondary N) is 1. The van der Waals surface area contributed by atoms with Crippen molar-refractivity contribution in [2.75, 3.05) is 6.61 Å². The minimum atomic E-state index is -0.706. The lowest BCUT2D eigenvalue weighted by atomic mass is 10.1. The molecule has 0 radical (unpaired) electrons. The molecule has 1 aromatic heterocycles. The number of benzene rings is 2. The molecule has 30 heavy (non-hydrogen) atoms. The SMILES string of the molecule is CCOC(=O)c1cccc(-c2ccc(/C=N\NC(=O)[C@@H](C)Oc3ccccc3)o2)c1. The van der Waals surface area contributed by atoms with Crippen molar-refractivity contribution in [2.45, 2.75) is 20.0 Å². The van der Waals surface area contributed by atoms with Gasteiger partial charge in [-0.2, -0.15) is 5.10 Å². The van der Waals surface area contributed by atoms with Crippen molar-refractivity contribution in [1.29, 1.82) is 0 Å². The van der Waals surface area contributed by atoms with Gasteiger partial charge in [-0.25, -0.2) is 10.2 Å². The highest BCUT2D eigenvalue weighted by molar-refractivity contribution is 5.91. The molecular formula is C23H22N2O5. The van der Waals surface area contributed by atoms with Crippen LogP contribution in [0.25, 0.3) is 11.3 Å². The van der Waals surface area contributed by atoms with Crippen LogP contribution in [0.2, 0.25) is 0 Å². The fourth-order valence-corrected chi connectivity index (χ4v) is 2.60. The predicted molar refractivity (Wildman–Crippen MR) is 112 cm³/mol. The Morgan fingerprint density at radius 2 is 1.90 bits per heavy atom. The Bertz CT molecular complexity index is 1030. The molecule has 1 atom stereocenters. The second-order valence-electron chi connectivity index (χ2n) is 6.31. The smallest absolute Gasteiger partial charge is 0.338 e. The van der Waals surface area contributed by atoms with E-state index in [4.69, 9.17) is 13.9 Å². The molecule has 0 aliphatic heterocycles. The Labute approximate surface area is 174 Å². The van der Waals surface area contributed by atoms with Gasteiger partial charge < -0.3 is 13.9 Å². The maximum absolute atomic E-state index is 12.1. The van der Waals surface area contributed by atoms with Crippen molar-refractivity contribution in [3.05, 3.63) is 78.1 Å². The first kappa shape index (κ1) is 20.9. The zero-order chi connectivity index (χ0) is 21.3. The van der Waals surface area contributed by atoms with Gasteiger partial charge in [0.1, 0.15) is 17.3 Å². The Hall–Kier alpha value is -3.87. The molecule has 2 aromatic carbocycles. The van der Waals surface area contributed by atoms with Crippen molar-refractivity contribution >= 4 is 18.1 Å². The maximum Gasteiger partial charge on any atom is 0.338 e. The third-order valence-electron chi connectivity index (χ3n) is 4.08. The summed E-state index contributed by atoms with van der Waals surface area (Å²) in [4.78, 5) is 24.0. The Kier molecular flexibility index (Phi) is 7.00. The molecule has 0 bridgehead atoms. The van der Waals surface area contributed by atoms with E-state index in [1.165, 1.54) is 6.21 Å². The fraction of sp³-hybridized carbons (Fsp3) is 0.174.